The Bertz CT molecular complexity index is 703. The Balaban J connectivity index is 1.46. The van der Waals surface area contributed by atoms with E-state index < -0.39 is 0 Å². The monoisotopic (exact) mass is 340 g/mol. The van der Waals surface area contributed by atoms with E-state index in [1.54, 1.807) is 4.90 Å². The van der Waals surface area contributed by atoms with Crippen molar-refractivity contribution in [1.29, 1.82) is 0 Å². The second-order valence-corrected chi connectivity index (χ2v) is 6.02. The third-order valence-electron chi connectivity index (χ3n) is 4.24. The molecule has 2 amide bonds. The first-order valence-corrected chi connectivity index (χ1v) is 8.71. The maximum atomic E-state index is 12.4. The van der Waals surface area contributed by atoms with Gasteiger partial charge in [-0.2, -0.15) is 0 Å². The molecule has 1 N–H and O–H groups in total. The quantitative estimate of drug-likeness (QED) is 0.784. The topological polar surface area (TPSA) is 50.8 Å². The zero-order valence-electron chi connectivity index (χ0n) is 14.5. The molecular formula is C20H24N2O3. The molecule has 0 saturated carbocycles. The molecule has 5 heteroatoms. The van der Waals surface area contributed by atoms with Crippen LogP contribution in [0, 0.1) is 0 Å². The third-order valence-corrected chi connectivity index (χ3v) is 4.24. The molecule has 2 aromatic carbocycles. The number of benzene rings is 2. The molecule has 0 atom stereocenters. The van der Waals surface area contributed by atoms with Crippen LogP contribution < -0.4 is 14.8 Å². The summed E-state index contributed by atoms with van der Waals surface area (Å²) in [6, 6.07) is 16.1. The summed E-state index contributed by atoms with van der Waals surface area (Å²) < 4.78 is 10.7. The number of hydrogen-bond acceptors (Lipinski definition) is 3. The predicted octanol–water partition coefficient (Wildman–Crippen LogP) is 3.58. The molecule has 5 nitrogen and oxygen atoms in total. The molecule has 0 aliphatic carbocycles. The highest BCUT2D eigenvalue weighted by Crippen LogP contribution is 2.32. The maximum absolute atomic E-state index is 12.4. The van der Waals surface area contributed by atoms with E-state index in [4.69, 9.17) is 9.47 Å². The largest absolute Gasteiger partial charge is 0.454 e. The Morgan fingerprint density at radius 3 is 2.68 bits per heavy atom. The minimum absolute atomic E-state index is 0.0340. The van der Waals surface area contributed by atoms with Gasteiger partial charge in [-0.3, -0.25) is 0 Å². The average molecular weight is 340 g/mol. The summed E-state index contributed by atoms with van der Waals surface area (Å²) in [6.45, 7) is 4.12. The number of carbonyl (C=O) groups is 1. The number of nitrogens with zero attached hydrogens (tertiary/aromatic N) is 1. The normalized spacial score (nSPS) is 12.0. The predicted molar refractivity (Wildman–Crippen MR) is 96.8 cm³/mol. The van der Waals surface area contributed by atoms with Gasteiger partial charge in [0.1, 0.15) is 0 Å². The van der Waals surface area contributed by atoms with Crippen LogP contribution in [0.15, 0.2) is 48.5 Å². The second kappa shape index (κ2) is 8.42. The number of urea groups is 1. The first kappa shape index (κ1) is 17.1. The van der Waals surface area contributed by atoms with Crippen molar-refractivity contribution in [3.63, 3.8) is 0 Å². The number of hydrogen-bond donors (Lipinski definition) is 1. The van der Waals surface area contributed by atoms with Gasteiger partial charge in [0.2, 0.25) is 6.79 Å². The Kier molecular flexibility index (Phi) is 5.77. The van der Waals surface area contributed by atoms with E-state index >= 15 is 0 Å². The highest BCUT2D eigenvalue weighted by atomic mass is 16.7. The van der Waals surface area contributed by atoms with Crippen molar-refractivity contribution < 1.29 is 14.3 Å². The van der Waals surface area contributed by atoms with E-state index in [1.807, 2.05) is 43.3 Å². The molecule has 1 aliphatic heterocycles. The average Bonchev–Trinajstić information content (AvgIpc) is 3.11. The Morgan fingerprint density at radius 1 is 1.08 bits per heavy atom. The summed E-state index contributed by atoms with van der Waals surface area (Å²) in [6.07, 6.45) is 1.90. The summed E-state index contributed by atoms with van der Waals surface area (Å²) in [5.41, 5.74) is 2.33. The fourth-order valence-electron chi connectivity index (χ4n) is 2.83. The highest BCUT2D eigenvalue weighted by Gasteiger charge is 2.16. The van der Waals surface area contributed by atoms with Crippen LogP contribution in [-0.2, 0) is 13.0 Å². The zero-order valence-corrected chi connectivity index (χ0v) is 14.5. The molecule has 0 fully saturated rings. The Hall–Kier alpha value is -2.69. The van der Waals surface area contributed by atoms with Crippen molar-refractivity contribution in [3.05, 3.63) is 59.7 Å². The van der Waals surface area contributed by atoms with Gasteiger partial charge < -0.3 is 19.7 Å². The van der Waals surface area contributed by atoms with Gasteiger partial charge >= 0.3 is 6.03 Å². The molecule has 2 aromatic rings. The van der Waals surface area contributed by atoms with Gasteiger partial charge in [0, 0.05) is 19.6 Å². The van der Waals surface area contributed by atoms with Crippen LogP contribution in [0.3, 0.4) is 0 Å². The minimum atomic E-state index is -0.0340. The molecule has 1 heterocycles. The van der Waals surface area contributed by atoms with Crippen molar-refractivity contribution in [3.8, 4) is 11.5 Å². The molecule has 3 rings (SSSR count). The van der Waals surface area contributed by atoms with Gasteiger partial charge in [-0.25, -0.2) is 4.79 Å². The van der Waals surface area contributed by atoms with Crippen LogP contribution in [0.25, 0.3) is 0 Å². The van der Waals surface area contributed by atoms with Crippen molar-refractivity contribution in [1.82, 2.24) is 10.2 Å². The van der Waals surface area contributed by atoms with E-state index in [0.717, 1.165) is 29.9 Å². The fourth-order valence-corrected chi connectivity index (χ4v) is 2.83. The number of fused-ring (bicyclic) bond motifs is 1. The van der Waals surface area contributed by atoms with E-state index in [9.17, 15) is 4.79 Å². The smallest absolute Gasteiger partial charge is 0.317 e. The second-order valence-electron chi connectivity index (χ2n) is 6.02. The lowest BCUT2D eigenvalue weighted by molar-refractivity contribution is 0.173. The van der Waals surface area contributed by atoms with Crippen LogP contribution in [-0.4, -0.2) is 30.8 Å². The first-order valence-electron chi connectivity index (χ1n) is 8.71. The van der Waals surface area contributed by atoms with Gasteiger partial charge in [-0.05, 0) is 43.0 Å². The van der Waals surface area contributed by atoms with Crippen LogP contribution in [0.2, 0.25) is 0 Å². The van der Waals surface area contributed by atoms with Crippen molar-refractivity contribution in [2.75, 3.05) is 19.9 Å². The van der Waals surface area contributed by atoms with E-state index in [0.29, 0.717) is 19.6 Å². The number of amides is 2. The van der Waals surface area contributed by atoms with E-state index in [2.05, 4.69) is 17.4 Å². The lowest BCUT2D eigenvalue weighted by atomic mass is 10.1. The standard InChI is InChI=1S/C20H24N2O3/c1-2-22(14-17-10-11-18-19(13-17)25-15-24-18)20(23)21-12-6-9-16-7-4-3-5-8-16/h3-5,7-8,10-11,13H,2,6,9,12,14-15H2,1H3,(H,21,23). The summed E-state index contributed by atoms with van der Waals surface area (Å²) in [7, 11) is 0. The summed E-state index contributed by atoms with van der Waals surface area (Å²) in [5.74, 6) is 1.51. The molecule has 0 unspecified atom stereocenters. The highest BCUT2D eigenvalue weighted by molar-refractivity contribution is 5.74. The number of rotatable bonds is 7. The zero-order chi connectivity index (χ0) is 17.5. The minimum Gasteiger partial charge on any atom is -0.454 e. The fraction of sp³-hybridized carbons (Fsp3) is 0.350. The van der Waals surface area contributed by atoms with Crippen LogP contribution >= 0.6 is 0 Å². The van der Waals surface area contributed by atoms with Crippen LogP contribution in [0.1, 0.15) is 24.5 Å². The molecule has 0 radical (unpaired) electrons. The lowest BCUT2D eigenvalue weighted by Gasteiger charge is -2.21. The van der Waals surface area contributed by atoms with Gasteiger partial charge in [0.15, 0.2) is 11.5 Å². The van der Waals surface area contributed by atoms with E-state index in [1.165, 1.54) is 5.56 Å². The van der Waals surface area contributed by atoms with Gasteiger partial charge in [0.05, 0.1) is 0 Å². The molecule has 25 heavy (non-hydrogen) atoms. The molecule has 1 aliphatic rings. The number of ether oxygens (including phenoxy) is 2. The Morgan fingerprint density at radius 2 is 1.88 bits per heavy atom. The van der Waals surface area contributed by atoms with Gasteiger partial charge in [-0.15, -0.1) is 0 Å². The summed E-state index contributed by atoms with van der Waals surface area (Å²) in [4.78, 5) is 14.2. The SMILES string of the molecule is CCN(Cc1ccc2c(c1)OCO2)C(=O)NCCCc1ccccc1. The molecule has 0 spiro atoms. The van der Waals surface area contributed by atoms with Crippen LogP contribution in [0.5, 0.6) is 11.5 Å². The van der Waals surface area contributed by atoms with Crippen molar-refractivity contribution in [2.24, 2.45) is 0 Å². The van der Waals surface area contributed by atoms with Crippen LogP contribution in [0.4, 0.5) is 4.79 Å². The maximum Gasteiger partial charge on any atom is 0.317 e. The number of aryl methyl sites for hydroxylation is 1. The summed E-state index contributed by atoms with van der Waals surface area (Å²) >= 11 is 0. The van der Waals surface area contributed by atoms with Gasteiger partial charge in [0.25, 0.3) is 0 Å². The Labute approximate surface area is 148 Å². The molecule has 0 aromatic heterocycles. The summed E-state index contributed by atoms with van der Waals surface area (Å²) in [5, 5.41) is 3.01. The van der Waals surface area contributed by atoms with Crippen molar-refractivity contribution in [2.45, 2.75) is 26.3 Å². The third kappa shape index (κ3) is 4.66. The van der Waals surface area contributed by atoms with E-state index in [-0.39, 0.29) is 12.8 Å². The lowest BCUT2D eigenvalue weighted by Crippen LogP contribution is -2.39. The number of nitrogens with one attached hydrogen (secondary N) is 1. The van der Waals surface area contributed by atoms with Crippen molar-refractivity contribution >= 4 is 6.03 Å². The molecule has 0 bridgehead atoms. The number of carbonyl (C=O) groups excluding carboxylic acids is 1. The molecule has 132 valence electrons. The van der Waals surface area contributed by atoms with Gasteiger partial charge in [-0.1, -0.05) is 36.4 Å². The molecular weight excluding hydrogens is 316 g/mol. The molecule has 0 saturated heterocycles. The first-order chi connectivity index (χ1) is 12.3.